The van der Waals surface area contributed by atoms with Crippen molar-refractivity contribution in [2.24, 2.45) is 5.92 Å². The molecule has 0 aromatic heterocycles. The van der Waals surface area contributed by atoms with E-state index in [9.17, 15) is 13.2 Å². The highest BCUT2D eigenvalue weighted by atomic mass is 32.2. The average Bonchev–Trinajstić information content (AvgIpc) is 2.67. The van der Waals surface area contributed by atoms with E-state index in [1.54, 1.807) is 35.2 Å². The van der Waals surface area contributed by atoms with Gasteiger partial charge in [0.15, 0.2) is 0 Å². The maximum Gasteiger partial charge on any atom is 0.264 e. The molecule has 3 rings (SSSR count). The molecule has 0 saturated carbocycles. The van der Waals surface area contributed by atoms with Gasteiger partial charge in [-0.2, -0.15) is 0 Å². The van der Waals surface area contributed by atoms with E-state index in [0.717, 1.165) is 29.5 Å². The average molecular weight is 415 g/mol. The van der Waals surface area contributed by atoms with E-state index in [4.69, 9.17) is 0 Å². The standard InChI is InChI=1S/C23H30N2O3S/c1-17-5-8-21(9-6-17)29(27,28)25(22-10-7-19(3)15-20(22)4)16-23(26)24-13-11-18(2)12-14-24/h5-10,15,18H,11-14,16H2,1-4H3. The molecule has 0 aliphatic carbocycles. The number of benzene rings is 2. The summed E-state index contributed by atoms with van der Waals surface area (Å²) in [5.74, 6) is 0.457. The third-order valence-corrected chi connectivity index (χ3v) is 7.42. The Balaban J connectivity index is 1.97. The molecular formula is C23H30N2O3S. The number of carbonyl (C=O) groups excluding carboxylic acids is 1. The molecule has 6 heteroatoms. The largest absolute Gasteiger partial charge is 0.341 e. The highest BCUT2D eigenvalue weighted by Crippen LogP contribution is 2.28. The number of likely N-dealkylation sites (tertiary alicyclic amines) is 1. The van der Waals surface area contributed by atoms with Gasteiger partial charge in [0.25, 0.3) is 10.0 Å². The Morgan fingerprint density at radius 1 is 1.00 bits per heavy atom. The molecule has 0 bridgehead atoms. The van der Waals surface area contributed by atoms with Crippen molar-refractivity contribution < 1.29 is 13.2 Å². The summed E-state index contributed by atoms with van der Waals surface area (Å²) in [7, 11) is -3.86. The van der Waals surface area contributed by atoms with Gasteiger partial charge in [0, 0.05) is 13.1 Å². The molecule has 0 atom stereocenters. The molecule has 1 heterocycles. The van der Waals surface area contributed by atoms with Gasteiger partial charge in [-0.1, -0.05) is 42.3 Å². The van der Waals surface area contributed by atoms with Gasteiger partial charge in [0.05, 0.1) is 10.6 Å². The summed E-state index contributed by atoms with van der Waals surface area (Å²) in [6, 6.07) is 12.4. The molecule has 1 aliphatic heterocycles. The van der Waals surface area contributed by atoms with Gasteiger partial charge in [-0.05, 0) is 63.3 Å². The second-order valence-electron chi connectivity index (χ2n) is 8.18. The van der Waals surface area contributed by atoms with E-state index in [1.807, 2.05) is 32.9 Å². The second kappa shape index (κ2) is 8.57. The van der Waals surface area contributed by atoms with Crippen LogP contribution in [0.1, 0.15) is 36.5 Å². The van der Waals surface area contributed by atoms with E-state index in [-0.39, 0.29) is 17.3 Å². The van der Waals surface area contributed by atoms with Gasteiger partial charge in [-0.15, -0.1) is 0 Å². The summed E-state index contributed by atoms with van der Waals surface area (Å²) in [5, 5.41) is 0. The van der Waals surface area contributed by atoms with Crippen LogP contribution in [0.25, 0.3) is 0 Å². The number of piperidine rings is 1. The number of hydrogen-bond acceptors (Lipinski definition) is 3. The number of aryl methyl sites for hydroxylation is 3. The minimum atomic E-state index is -3.86. The number of hydrogen-bond donors (Lipinski definition) is 0. The summed E-state index contributed by atoms with van der Waals surface area (Å²) < 4.78 is 28.3. The first-order chi connectivity index (χ1) is 13.7. The van der Waals surface area contributed by atoms with E-state index in [1.165, 1.54) is 4.31 Å². The number of carbonyl (C=O) groups is 1. The van der Waals surface area contributed by atoms with Crippen LogP contribution in [-0.2, 0) is 14.8 Å². The lowest BCUT2D eigenvalue weighted by Gasteiger charge is -2.33. The first-order valence-corrected chi connectivity index (χ1v) is 11.6. The van der Waals surface area contributed by atoms with Crippen molar-refractivity contribution in [3.05, 3.63) is 59.2 Å². The molecule has 0 radical (unpaired) electrons. The smallest absolute Gasteiger partial charge is 0.264 e. The zero-order valence-electron chi connectivity index (χ0n) is 17.7. The molecule has 156 valence electrons. The maximum atomic E-state index is 13.5. The maximum absolute atomic E-state index is 13.5. The molecule has 29 heavy (non-hydrogen) atoms. The van der Waals surface area contributed by atoms with Gasteiger partial charge in [-0.25, -0.2) is 8.42 Å². The third kappa shape index (κ3) is 4.81. The topological polar surface area (TPSA) is 57.7 Å². The molecule has 2 aromatic rings. The monoisotopic (exact) mass is 414 g/mol. The zero-order valence-corrected chi connectivity index (χ0v) is 18.5. The Morgan fingerprint density at radius 2 is 1.59 bits per heavy atom. The van der Waals surface area contributed by atoms with Gasteiger partial charge in [0.2, 0.25) is 5.91 Å². The number of anilines is 1. The minimum absolute atomic E-state index is 0.146. The number of nitrogens with zero attached hydrogens (tertiary/aromatic N) is 2. The van der Waals surface area contributed by atoms with Crippen molar-refractivity contribution in [2.45, 2.75) is 45.4 Å². The van der Waals surface area contributed by atoms with E-state index < -0.39 is 10.0 Å². The summed E-state index contributed by atoms with van der Waals surface area (Å²) in [4.78, 5) is 15.0. The first kappa shape index (κ1) is 21.4. The van der Waals surface area contributed by atoms with E-state index in [0.29, 0.717) is 24.7 Å². The van der Waals surface area contributed by atoms with Crippen molar-refractivity contribution >= 4 is 21.6 Å². The molecule has 0 unspecified atom stereocenters. The number of sulfonamides is 1. The summed E-state index contributed by atoms with van der Waals surface area (Å²) in [5.41, 5.74) is 3.42. The Labute approximate surface area is 174 Å². The summed E-state index contributed by atoms with van der Waals surface area (Å²) in [6.45, 7) is 9.14. The molecule has 1 amide bonds. The normalized spacial score (nSPS) is 15.4. The highest BCUT2D eigenvalue weighted by Gasteiger charge is 2.30. The quantitative estimate of drug-likeness (QED) is 0.741. The van der Waals surface area contributed by atoms with Crippen molar-refractivity contribution in [2.75, 3.05) is 23.9 Å². The van der Waals surface area contributed by atoms with Crippen LogP contribution in [0.2, 0.25) is 0 Å². The fraction of sp³-hybridized carbons (Fsp3) is 0.435. The molecule has 1 fully saturated rings. The van der Waals surface area contributed by atoms with Crippen LogP contribution >= 0.6 is 0 Å². The Hall–Kier alpha value is -2.34. The molecule has 1 aliphatic rings. The molecule has 0 N–H and O–H groups in total. The lowest BCUT2D eigenvalue weighted by atomic mass is 9.99. The van der Waals surface area contributed by atoms with Gasteiger partial charge < -0.3 is 4.90 Å². The molecule has 2 aromatic carbocycles. The predicted molar refractivity (Wildman–Crippen MR) is 117 cm³/mol. The Bertz CT molecular complexity index is 976. The van der Waals surface area contributed by atoms with E-state index >= 15 is 0 Å². The van der Waals surface area contributed by atoms with Gasteiger partial charge in [0.1, 0.15) is 6.54 Å². The zero-order chi connectivity index (χ0) is 21.2. The molecule has 0 spiro atoms. The fourth-order valence-electron chi connectivity index (χ4n) is 3.70. The third-order valence-electron chi connectivity index (χ3n) is 5.65. The van der Waals surface area contributed by atoms with Crippen LogP contribution in [-0.4, -0.2) is 38.9 Å². The second-order valence-corrected chi connectivity index (χ2v) is 10.0. The lowest BCUT2D eigenvalue weighted by molar-refractivity contribution is -0.130. The Morgan fingerprint density at radius 3 is 2.17 bits per heavy atom. The highest BCUT2D eigenvalue weighted by molar-refractivity contribution is 7.92. The van der Waals surface area contributed by atoms with E-state index in [2.05, 4.69) is 6.92 Å². The SMILES string of the molecule is Cc1ccc(S(=O)(=O)N(CC(=O)N2CCC(C)CC2)c2ccc(C)cc2C)cc1. The van der Waals surface area contributed by atoms with Crippen LogP contribution in [0.3, 0.4) is 0 Å². The van der Waals surface area contributed by atoms with Crippen LogP contribution in [0.15, 0.2) is 47.4 Å². The van der Waals surface area contributed by atoms with Crippen LogP contribution in [0, 0.1) is 26.7 Å². The summed E-state index contributed by atoms with van der Waals surface area (Å²) in [6.07, 6.45) is 1.92. The van der Waals surface area contributed by atoms with Gasteiger partial charge in [-0.3, -0.25) is 9.10 Å². The number of amides is 1. The lowest BCUT2D eigenvalue weighted by Crippen LogP contribution is -2.46. The van der Waals surface area contributed by atoms with Gasteiger partial charge >= 0.3 is 0 Å². The van der Waals surface area contributed by atoms with Crippen LogP contribution in [0.4, 0.5) is 5.69 Å². The van der Waals surface area contributed by atoms with Crippen molar-refractivity contribution in [3.63, 3.8) is 0 Å². The Kier molecular flexibility index (Phi) is 6.32. The first-order valence-electron chi connectivity index (χ1n) is 10.1. The number of rotatable bonds is 5. The molecular weight excluding hydrogens is 384 g/mol. The predicted octanol–water partition coefficient (Wildman–Crippen LogP) is 4.07. The van der Waals surface area contributed by atoms with Crippen LogP contribution in [0.5, 0.6) is 0 Å². The van der Waals surface area contributed by atoms with Crippen LogP contribution < -0.4 is 4.31 Å². The van der Waals surface area contributed by atoms with Crippen molar-refractivity contribution in [3.8, 4) is 0 Å². The fourth-order valence-corrected chi connectivity index (χ4v) is 5.18. The minimum Gasteiger partial charge on any atom is -0.341 e. The van der Waals surface area contributed by atoms with Crippen molar-refractivity contribution in [1.82, 2.24) is 4.90 Å². The van der Waals surface area contributed by atoms with Crippen molar-refractivity contribution in [1.29, 1.82) is 0 Å². The molecule has 1 saturated heterocycles. The summed E-state index contributed by atoms with van der Waals surface area (Å²) >= 11 is 0. The molecule has 5 nitrogen and oxygen atoms in total.